The van der Waals surface area contributed by atoms with E-state index in [1.54, 1.807) is 0 Å². The van der Waals surface area contributed by atoms with Crippen molar-refractivity contribution in [1.82, 2.24) is 0 Å². The molecule has 2 heteroatoms. The lowest BCUT2D eigenvalue weighted by Crippen LogP contribution is -2.40. The lowest BCUT2D eigenvalue weighted by atomic mass is 9.81. The van der Waals surface area contributed by atoms with E-state index in [2.05, 4.69) is 29.8 Å². The van der Waals surface area contributed by atoms with E-state index in [1.165, 1.54) is 57.8 Å². The zero-order valence-corrected chi connectivity index (χ0v) is 13.7. The molecule has 2 saturated carbocycles. The summed E-state index contributed by atoms with van der Waals surface area (Å²) in [4.78, 5) is 0. The van der Waals surface area contributed by atoms with Gasteiger partial charge in [-0.15, -0.1) is 0 Å². The minimum atomic E-state index is 0.151. The fourth-order valence-corrected chi connectivity index (χ4v) is 4.67. The molecule has 18 heavy (non-hydrogen) atoms. The van der Waals surface area contributed by atoms with Crippen LogP contribution in [0.5, 0.6) is 0 Å². The van der Waals surface area contributed by atoms with Crippen LogP contribution in [-0.2, 0) is 4.74 Å². The third-order valence-electron chi connectivity index (χ3n) is 4.81. The highest BCUT2D eigenvalue weighted by Gasteiger charge is 2.35. The third kappa shape index (κ3) is 3.96. The molecule has 1 nitrogen and oxygen atoms in total. The Morgan fingerprint density at radius 2 is 1.50 bits per heavy atom. The monoisotopic (exact) mass is 316 g/mol. The van der Waals surface area contributed by atoms with Crippen LogP contribution < -0.4 is 0 Å². The smallest absolute Gasteiger partial charge is 0.0782 e. The van der Waals surface area contributed by atoms with Gasteiger partial charge in [-0.25, -0.2) is 0 Å². The molecule has 0 aromatic rings. The third-order valence-corrected chi connectivity index (χ3v) is 5.83. The lowest BCUT2D eigenvalue weighted by Gasteiger charge is -2.40. The van der Waals surface area contributed by atoms with E-state index in [1.807, 2.05) is 0 Å². The molecule has 2 aliphatic carbocycles. The average molecular weight is 317 g/mol. The Labute approximate surface area is 121 Å². The lowest BCUT2D eigenvalue weighted by molar-refractivity contribution is -0.111. The van der Waals surface area contributed by atoms with Crippen molar-refractivity contribution in [2.75, 3.05) is 5.33 Å². The van der Waals surface area contributed by atoms with E-state index in [9.17, 15) is 0 Å². The molecule has 2 unspecified atom stereocenters. The van der Waals surface area contributed by atoms with Gasteiger partial charge in [0.1, 0.15) is 0 Å². The van der Waals surface area contributed by atoms with Crippen LogP contribution in [0, 0.1) is 11.8 Å². The fraction of sp³-hybridized carbons (Fsp3) is 1.00. The first-order valence-corrected chi connectivity index (χ1v) is 8.99. The topological polar surface area (TPSA) is 9.23 Å². The van der Waals surface area contributed by atoms with Gasteiger partial charge < -0.3 is 4.74 Å². The van der Waals surface area contributed by atoms with Crippen molar-refractivity contribution in [3.8, 4) is 0 Å². The molecule has 106 valence electrons. The Bertz CT molecular complexity index is 235. The summed E-state index contributed by atoms with van der Waals surface area (Å²) in [5, 5.41) is 1.03. The van der Waals surface area contributed by atoms with E-state index in [-0.39, 0.29) is 5.60 Å². The quantitative estimate of drug-likeness (QED) is 0.506. The maximum Gasteiger partial charge on any atom is 0.0782 e. The van der Waals surface area contributed by atoms with Gasteiger partial charge in [-0.05, 0) is 43.9 Å². The molecule has 0 heterocycles. The van der Waals surface area contributed by atoms with Gasteiger partial charge in [0.2, 0.25) is 0 Å². The van der Waals surface area contributed by atoms with E-state index in [4.69, 9.17) is 4.74 Å². The first-order chi connectivity index (χ1) is 8.63. The van der Waals surface area contributed by atoms with Gasteiger partial charge in [0.15, 0.2) is 0 Å². The summed E-state index contributed by atoms with van der Waals surface area (Å²) in [7, 11) is 0. The average Bonchev–Trinajstić information content (AvgIpc) is 2.54. The molecular weight excluding hydrogens is 288 g/mol. The van der Waals surface area contributed by atoms with E-state index < -0.39 is 0 Å². The first-order valence-electron chi connectivity index (χ1n) is 7.87. The highest BCUT2D eigenvalue weighted by Crippen LogP contribution is 2.38. The Morgan fingerprint density at radius 1 is 0.944 bits per heavy atom. The van der Waals surface area contributed by atoms with E-state index >= 15 is 0 Å². The van der Waals surface area contributed by atoms with Crippen LogP contribution in [0.1, 0.15) is 71.6 Å². The second kappa shape index (κ2) is 6.74. The minimum Gasteiger partial charge on any atom is -0.371 e. The zero-order chi connectivity index (χ0) is 13.0. The Kier molecular flexibility index (Phi) is 5.56. The molecule has 2 aliphatic rings. The van der Waals surface area contributed by atoms with Gasteiger partial charge in [0.25, 0.3) is 0 Å². The summed E-state index contributed by atoms with van der Waals surface area (Å²) in [5.41, 5.74) is 0.151. The zero-order valence-electron chi connectivity index (χ0n) is 12.1. The normalized spacial score (nSPS) is 37.2. The van der Waals surface area contributed by atoms with Gasteiger partial charge in [-0.3, -0.25) is 0 Å². The minimum absolute atomic E-state index is 0.151. The Hall–Kier alpha value is 0.440. The molecule has 0 N–H and O–H groups in total. The molecule has 0 aromatic carbocycles. The molecule has 0 radical (unpaired) electrons. The highest BCUT2D eigenvalue weighted by atomic mass is 79.9. The van der Waals surface area contributed by atoms with Crippen molar-refractivity contribution in [2.24, 2.45) is 11.8 Å². The number of ether oxygens (including phenoxy) is 1. The maximum atomic E-state index is 6.64. The van der Waals surface area contributed by atoms with Gasteiger partial charge in [0, 0.05) is 5.33 Å². The van der Waals surface area contributed by atoms with Crippen molar-refractivity contribution in [2.45, 2.75) is 83.3 Å². The van der Waals surface area contributed by atoms with E-state index in [0.717, 1.165) is 17.2 Å². The highest BCUT2D eigenvalue weighted by molar-refractivity contribution is 9.09. The van der Waals surface area contributed by atoms with Crippen molar-refractivity contribution in [1.29, 1.82) is 0 Å². The molecule has 2 fully saturated rings. The largest absolute Gasteiger partial charge is 0.371 e. The number of alkyl halides is 1. The van der Waals surface area contributed by atoms with Crippen molar-refractivity contribution < 1.29 is 4.74 Å². The molecule has 0 saturated heterocycles. The standard InChI is InChI=1S/C16H29BrO/c1-13-9-14(2)11-15(10-13)18-16(12-17)7-5-3-4-6-8-16/h13-15H,3-12H2,1-2H3. The van der Waals surface area contributed by atoms with Crippen LogP contribution in [0.3, 0.4) is 0 Å². The number of halogens is 1. The van der Waals surface area contributed by atoms with Crippen LogP contribution in [0.25, 0.3) is 0 Å². The number of rotatable bonds is 3. The molecule has 0 aromatic heterocycles. The summed E-state index contributed by atoms with van der Waals surface area (Å²) in [6, 6.07) is 0. The molecule has 0 amide bonds. The van der Waals surface area contributed by atoms with Crippen LogP contribution in [0.2, 0.25) is 0 Å². The van der Waals surface area contributed by atoms with Crippen molar-refractivity contribution >= 4 is 15.9 Å². The maximum absolute atomic E-state index is 6.64. The predicted molar refractivity (Wildman–Crippen MR) is 81.3 cm³/mol. The Morgan fingerprint density at radius 3 is 2.00 bits per heavy atom. The van der Waals surface area contributed by atoms with Crippen LogP contribution in [-0.4, -0.2) is 17.0 Å². The van der Waals surface area contributed by atoms with Gasteiger partial charge in [0.05, 0.1) is 11.7 Å². The van der Waals surface area contributed by atoms with Crippen LogP contribution in [0.4, 0.5) is 0 Å². The van der Waals surface area contributed by atoms with Crippen LogP contribution in [0.15, 0.2) is 0 Å². The molecule has 2 rings (SSSR count). The van der Waals surface area contributed by atoms with Crippen LogP contribution >= 0.6 is 15.9 Å². The summed E-state index contributed by atoms with van der Waals surface area (Å²) in [6.07, 6.45) is 12.5. The van der Waals surface area contributed by atoms with Gasteiger partial charge >= 0.3 is 0 Å². The molecule has 0 bridgehead atoms. The summed E-state index contributed by atoms with van der Waals surface area (Å²) in [6.45, 7) is 4.78. The fourth-order valence-electron chi connectivity index (χ4n) is 3.98. The molecular formula is C16H29BrO. The Balaban J connectivity index is 1.95. The molecule has 0 aliphatic heterocycles. The second-order valence-electron chi connectivity index (χ2n) is 6.89. The molecule has 0 spiro atoms. The summed E-state index contributed by atoms with van der Waals surface area (Å²) >= 11 is 3.73. The SMILES string of the molecule is CC1CC(C)CC(OC2(CBr)CCCCCC2)C1. The number of hydrogen-bond acceptors (Lipinski definition) is 1. The number of hydrogen-bond donors (Lipinski definition) is 0. The first kappa shape index (κ1) is 14.8. The van der Waals surface area contributed by atoms with Gasteiger partial charge in [-0.2, -0.15) is 0 Å². The second-order valence-corrected chi connectivity index (χ2v) is 7.45. The van der Waals surface area contributed by atoms with Gasteiger partial charge in [-0.1, -0.05) is 55.5 Å². The van der Waals surface area contributed by atoms with Crippen molar-refractivity contribution in [3.05, 3.63) is 0 Å². The molecule has 2 atom stereocenters. The summed E-state index contributed by atoms with van der Waals surface area (Å²) < 4.78 is 6.64. The van der Waals surface area contributed by atoms with Crippen molar-refractivity contribution in [3.63, 3.8) is 0 Å². The predicted octanol–water partition coefficient (Wildman–Crippen LogP) is 5.32. The summed E-state index contributed by atoms with van der Waals surface area (Å²) in [5.74, 6) is 1.69. The van der Waals surface area contributed by atoms with E-state index in [0.29, 0.717) is 6.10 Å².